The molecule has 0 bridgehead atoms. The van der Waals surface area contributed by atoms with Crippen LogP contribution in [0.5, 0.6) is 0 Å². The average Bonchev–Trinajstić information content (AvgIpc) is 2.39. The van der Waals surface area contributed by atoms with Gasteiger partial charge in [0.15, 0.2) is 0 Å². The number of carbonyl (C=O) groups excluding carboxylic acids is 1. The van der Waals surface area contributed by atoms with Gasteiger partial charge in [-0.1, -0.05) is 0 Å². The molecule has 0 saturated heterocycles. The van der Waals surface area contributed by atoms with Crippen molar-refractivity contribution in [2.75, 3.05) is 34.0 Å². The van der Waals surface area contributed by atoms with E-state index in [9.17, 15) is 9.18 Å². The van der Waals surface area contributed by atoms with Gasteiger partial charge in [-0.25, -0.2) is 4.39 Å². The highest BCUT2D eigenvalue weighted by molar-refractivity contribution is 5.95. The number of amides is 1. The molecule has 1 aromatic rings. The van der Waals surface area contributed by atoms with Crippen LogP contribution in [0.1, 0.15) is 22.8 Å². The molecular formula is C15H22FNO3. The molecule has 0 fully saturated rings. The molecule has 4 nitrogen and oxygen atoms in total. The lowest BCUT2D eigenvalue weighted by Crippen LogP contribution is -2.43. The molecule has 1 rings (SSSR count). The summed E-state index contributed by atoms with van der Waals surface area (Å²) in [5.41, 5.74) is 1.13. The van der Waals surface area contributed by atoms with Gasteiger partial charge >= 0.3 is 0 Å². The number of nitrogens with zero attached hydrogens (tertiary/aromatic N) is 1. The second-order valence-electron chi connectivity index (χ2n) is 4.75. The minimum Gasteiger partial charge on any atom is -0.383 e. The lowest BCUT2D eigenvalue weighted by molar-refractivity contribution is 0.0479. The van der Waals surface area contributed by atoms with E-state index in [1.165, 1.54) is 18.2 Å². The summed E-state index contributed by atoms with van der Waals surface area (Å²) in [5.74, 6) is -0.475. The van der Waals surface area contributed by atoms with Crippen molar-refractivity contribution in [3.8, 4) is 0 Å². The van der Waals surface area contributed by atoms with Gasteiger partial charge in [-0.2, -0.15) is 0 Å². The largest absolute Gasteiger partial charge is 0.383 e. The van der Waals surface area contributed by atoms with Crippen molar-refractivity contribution in [3.63, 3.8) is 0 Å². The Morgan fingerprint density at radius 3 is 2.60 bits per heavy atom. The number of methoxy groups -OCH3 is 2. The van der Waals surface area contributed by atoms with E-state index in [1.807, 2.05) is 6.92 Å². The van der Waals surface area contributed by atoms with E-state index in [0.29, 0.717) is 30.9 Å². The van der Waals surface area contributed by atoms with Gasteiger partial charge in [0.2, 0.25) is 0 Å². The number of rotatable bonds is 7. The molecule has 0 aliphatic rings. The maximum Gasteiger partial charge on any atom is 0.254 e. The highest BCUT2D eigenvalue weighted by atomic mass is 19.1. The van der Waals surface area contributed by atoms with Crippen LogP contribution < -0.4 is 0 Å². The number of hydrogen-bond acceptors (Lipinski definition) is 3. The Hall–Kier alpha value is -1.46. The monoisotopic (exact) mass is 283 g/mol. The van der Waals surface area contributed by atoms with Crippen molar-refractivity contribution < 1.29 is 18.7 Å². The molecule has 20 heavy (non-hydrogen) atoms. The standard InChI is InChI=1S/C15H22FNO3/c1-11-9-13(16)5-6-14(11)15(18)17(7-8-19-3)12(2)10-20-4/h5-6,9,12H,7-8,10H2,1-4H3. The second-order valence-corrected chi connectivity index (χ2v) is 4.75. The molecule has 0 spiro atoms. The predicted molar refractivity (Wildman–Crippen MR) is 75.4 cm³/mol. The first-order valence-corrected chi connectivity index (χ1v) is 6.56. The highest BCUT2D eigenvalue weighted by Gasteiger charge is 2.22. The van der Waals surface area contributed by atoms with Gasteiger partial charge in [-0.05, 0) is 37.6 Å². The fourth-order valence-electron chi connectivity index (χ4n) is 2.06. The lowest BCUT2D eigenvalue weighted by Gasteiger charge is -2.29. The summed E-state index contributed by atoms with van der Waals surface area (Å²) in [4.78, 5) is 14.3. The van der Waals surface area contributed by atoms with Crippen molar-refractivity contribution >= 4 is 5.91 Å². The fourth-order valence-corrected chi connectivity index (χ4v) is 2.06. The molecule has 0 N–H and O–H groups in total. The quantitative estimate of drug-likeness (QED) is 0.770. The number of aryl methyl sites for hydroxylation is 1. The molecule has 112 valence electrons. The van der Waals surface area contributed by atoms with E-state index in [-0.39, 0.29) is 17.8 Å². The number of hydrogen-bond donors (Lipinski definition) is 0. The minimum atomic E-state index is -0.340. The average molecular weight is 283 g/mol. The van der Waals surface area contributed by atoms with Crippen LogP contribution in [-0.4, -0.2) is 50.8 Å². The van der Waals surface area contributed by atoms with E-state index >= 15 is 0 Å². The molecule has 1 aromatic carbocycles. The Kier molecular flexibility index (Phi) is 6.61. The van der Waals surface area contributed by atoms with Crippen molar-refractivity contribution in [1.82, 2.24) is 4.90 Å². The first-order chi connectivity index (χ1) is 9.51. The van der Waals surface area contributed by atoms with E-state index in [2.05, 4.69) is 0 Å². The van der Waals surface area contributed by atoms with Crippen LogP contribution >= 0.6 is 0 Å². The SMILES string of the molecule is COCCN(C(=O)c1ccc(F)cc1C)C(C)COC. The van der Waals surface area contributed by atoms with Crippen molar-refractivity contribution in [1.29, 1.82) is 0 Å². The van der Waals surface area contributed by atoms with Gasteiger partial charge in [0, 0.05) is 26.3 Å². The predicted octanol–water partition coefficient (Wildman–Crippen LogP) is 2.26. The second kappa shape index (κ2) is 7.97. The number of halogens is 1. The minimum absolute atomic E-state index is 0.0768. The van der Waals surface area contributed by atoms with E-state index in [1.54, 1.807) is 26.0 Å². The number of ether oxygens (including phenoxy) is 2. The van der Waals surface area contributed by atoms with Gasteiger partial charge in [-0.15, -0.1) is 0 Å². The molecular weight excluding hydrogens is 261 g/mol. The van der Waals surface area contributed by atoms with Crippen LogP contribution in [0.2, 0.25) is 0 Å². The molecule has 0 aliphatic heterocycles. The summed E-state index contributed by atoms with van der Waals surface area (Å²) in [6.07, 6.45) is 0. The summed E-state index contributed by atoms with van der Waals surface area (Å²) in [6.45, 7) is 4.99. The van der Waals surface area contributed by atoms with Gasteiger partial charge in [0.25, 0.3) is 5.91 Å². The number of carbonyl (C=O) groups is 1. The van der Waals surface area contributed by atoms with Crippen LogP contribution in [0.4, 0.5) is 4.39 Å². The summed E-state index contributed by atoms with van der Waals surface area (Å²) < 4.78 is 23.3. The molecule has 1 unspecified atom stereocenters. The molecule has 5 heteroatoms. The molecule has 0 saturated carbocycles. The molecule has 0 aromatic heterocycles. The zero-order chi connectivity index (χ0) is 15.1. The molecule has 0 radical (unpaired) electrons. The summed E-state index contributed by atoms with van der Waals surface area (Å²) in [6, 6.07) is 4.11. The first-order valence-electron chi connectivity index (χ1n) is 6.56. The van der Waals surface area contributed by atoms with Gasteiger partial charge < -0.3 is 14.4 Å². The summed E-state index contributed by atoms with van der Waals surface area (Å²) in [7, 11) is 3.19. The van der Waals surface area contributed by atoms with Crippen molar-refractivity contribution in [2.45, 2.75) is 19.9 Å². The summed E-state index contributed by atoms with van der Waals surface area (Å²) in [5, 5.41) is 0. The Morgan fingerprint density at radius 1 is 1.35 bits per heavy atom. The summed E-state index contributed by atoms with van der Waals surface area (Å²) >= 11 is 0. The Labute approximate surface area is 119 Å². The third-order valence-electron chi connectivity index (χ3n) is 3.16. The van der Waals surface area contributed by atoms with Gasteiger partial charge in [-0.3, -0.25) is 4.79 Å². The Bertz CT molecular complexity index is 451. The van der Waals surface area contributed by atoms with E-state index in [4.69, 9.17) is 9.47 Å². The van der Waals surface area contributed by atoms with Crippen LogP contribution in [0.3, 0.4) is 0 Å². The van der Waals surface area contributed by atoms with Crippen LogP contribution in [0, 0.1) is 12.7 Å². The Balaban J connectivity index is 2.96. The van der Waals surface area contributed by atoms with Crippen LogP contribution in [0.15, 0.2) is 18.2 Å². The lowest BCUT2D eigenvalue weighted by atomic mass is 10.1. The maximum absolute atomic E-state index is 13.1. The molecule has 1 atom stereocenters. The van der Waals surface area contributed by atoms with Crippen molar-refractivity contribution in [2.24, 2.45) is 0 Å². The van der Waals surface area contributed by atoms with E-state index < -0.39 is 0 Å². The smallest absolute Gasteiger partial charge is 0.254 e. The zero-order valence-corrected chi connectivity index (χ0v) is 12.5. The number of benzene rings is 1. The van der Waals surface area contributed by atoms with Gasteiger partial charge in [0.1, 0.15) is 5.82 Å². The zero-order valence-electron chi connectivity index (χ0n) is 12.5. The van der Waals surface area contributed by atoms with Crippen molar-refractivity contribution in [3.05, 3.63) is 35.1 Å². The third-order valence-corrected chi connectivity index (χ3v) is 3.16. The Morgan fingerprint density at radius 2 is 2.05 bits per heavy atom. The third kappa shape index (κ3) is 4.28. The fraction of sp³-hybridized carbons (Fsp3) is 0.533. The maximum atomic E-state index is 13.1. The molecule has 1 amide bonds. The van der Waals surface area contributed by atoms with E-state index in [0.717, 1.165) is 0 Å². The molecule has 0 heterocycles. The topological polar surface area (TPSA) is 38.8 Å². The molecule has 0 aliphatic carbocycles. The van der Waals surface area contributed by atoms with Crippen LogP contribution in [0.25, 0.3) is 0 Å². The normalized spacial score (nSPS) is 12.2. The van der Waals surface area contributed by atoms with Crippen LogP contribution in [-0.2, 0) is 9.47 Å². The first kappa shape index (κ1) is 16.6. The highest BCUT2D eigenvalue weighted by Crippen LogP contribution is 2.15. The van der Waals surface area contributed by atoms with Gasteiger partial charge in [0.05, 0.1) is 19.3 Å².